The first-order valence-corrected chi connectivity index (χ1v) is 12.0. The second-order valence-corrected chi connectivity index (χ2v) is 9.78. The van der Waals surface area contributed by atoms with Crippen molar-refractivity contribution < 1.29 is 22.4 Å². The Morgan fingerprint density at radius 1 is 0.889 bits per heavy atom. The first-order valence-electron chi connectivity index (χ1n) is 12.0. The van der Waals surface area contributed by atoms with Crippen molar-refractivity contribution in [3.05, 3.63) is 88.5 Å². The highest BCUT2D eigenvalue weighted by molar-refractivity contribution is 5.96. The third-order valence-corrected chi connectivity index (χ3v) is 7.42. The molecule has 2 fully saturated rings. The molecule has 2 aromatic carbocycles. The molecule has 2 aliphatic carbocycles. The van der Waals surface area contributed by atoms with E-state index in [4.69, 9.17) is 0 Å². The van der Waals surface area contributed by atoms with Crippen LogP contribution in [-0.4, -0.2) is 15.9 Å². The minimum Gasteiger partial charge on any atom is -0.345 e. The fourth-order valence-electron chi connectivity index (χ4n) is 5.00. The molecule has 9 heteroatoms. The highest BCUT2D eigenvalue weighted by Crippen LogP contribution is 2.44. The molecule has 5 rings (SSSR count). The van der Waals surface area contributed by atoms with Gasteiger partial charge in [0, 0.05) is 6.20 Å². The van der Waals surface area contributed by atoms with E-state index in [1.165, 1.54) is 12.1 Å². The summed E-state index contributed by atoms with van der Waals surface area (Å²) in [6.07, 6.45) is 0.379. The quantitative estimate of drug-likeness (QED) is 0.395. The van der Waals surface area contributed by atoms with Crippen LogP contribution in [0, 0.1) is 12.7 Å². The van der Waals surface area contributed by atoms with Gasteiger partial charge in [0.25, 0.3) is 5.91 Å². The third kappa shape index (κ3) is 4.42. The topological polar surface area (TPSA) is 66.9 Å². The molecule has 0 bridgehead atoms. The zero-order valence-electron chi connectivity index (χ0n) is 19.8. The molecule has 0 aliphatic heterocycles. The Kier molecular flexibility index (Phi) is 5.97. The van der Waals surface area contributed by atoms with Crippen LogP contribution in [0.4, 0.5) is 23.5 Å². The van der Waals surface area contributed by atoms with Gasteiger partial charge in [0.15, 0.2) is 5.69 Å². The SMILES string of the molecule is Cc1ccc(C2(NC(=O)c3cnc(NC4(c5ccc(F)cc5)CCC4)nc3C(F)(F)F)CCC2)cc1. The Balaban J connectivity index is 1.43. The van der Waals surface area contributed by atoms with Crippen LogP contribution in [0.15, 0.2) is 54.7 Å². The van der Waals surface area contributed by atoms with Gasteiger partial charge in [0.1, 0.15) is 5.82 Å². The normalized spacial score (nSPS) is 18.0. The smallest absolute Gasteiger partial charge is 0.345 e. The molecule has 1 aromatic heterocycles. The first kappa shape index (κ1) is 24.2. The summed E-state index contributed by atoms with van der Waals surface area (Å²) in [6, 6.07) is 13.5. The maximum absolute atomic E-state index is 14.0. The van der Waals surface area contributed by atoms with Crippen LogP contribution in [0.25, 0.3) is 0 Å². The molecule has 0 spiro atoms. The predicted octanol–water partition coefficient (Wildman–Crippen LogP) is 6.24. The first-order chi connectivity index (χ1) is 17.1. The van der Waals surface area contributed by atoms with Crippen molar-refractivity contribution in [3.8, 4) is 0 Å². The lowest BCUT2D eigenvalue weighted by Gasteiger charge is -2.43. The monoisotopic (exact) mass is 498 g/mol. The van der Waals surface area contributed by atoms with Crippen molar-refractivity contribution >= 4 is 11.9 Å². The van der Waals surface area contributed by atoms with E-state index in [2.05, 4.69) is 20.6 Å². The van der Waals surface area contributed by atoms with Gasteiger partial charge in [-0.25, -0.2) is 14.4 Å². The van der Waals surface area contributed by atoms with Gasteiger partial charge in [-0.05, 0) is 68.7 Å². The van der Waals surface area contributed by atoms with Gasteiger partial charge in [-0.1, -0.05) is 42.0 Å². The van der Waals surface area contributed by atoms with E-state index < -0.39 is 40.2 Å². The number of carbonyl (C=O) groups is 1. The van der Waals surface area contributed by atoms with E-state index in [1.54, 1.807) is 12.1 Å². The van der Waals surface area contributed by atoms with Crippen LogP contribution < -0.4 is 10.6 Å². The zero-order chi connectivity index (χ0) is 25.6. The maximum Gasteiger partial charge on any atom is 0.434 e. The van der Waals surface area contributed by atoms with Gasteiger partial charge in [0.2, 0.25) is 5.95 Å². The van der Waals surface area contributed by atoms with E-state index in [0.29, 0.717) is 25.7 Å². The van der Waals surface area contributed by atoms with Crippen LogP contribution in [0.2, 0.25) is 0 Å². The summed E-state index contributed by atoms with van der Waals surface area (Å²) in [4.78, 5) is 21.0. The molecule has 0 saturated heterocycles. The summed E-state index contributed by atoms with van der Waals surface area (Å²) in [7, 11) is 0. The average molecular weight is 499 g/mol. The number of amides is 1. The number of nitrogens with one attached hydrogen (secondary N) is 2. The lowest BCUT2D eigenvalue weighted by Crippen LogP contribution is -2.51. The molecule has 0 unspecified atom stereocenters. The van der Waals surface area contributed by atoms with Gasteiger partial charge in [-0.15, -0.1) is 0 Å². The molecule has 2 N–H and O–H groups in total. The standard InChI is InChI=1S/C27H26F4N4O/c1-17-4-6-18(7-5-17)25(12-2-13-25)34-23(36)21-16-32-24(33-22(21)27(29,30)31)35-26(14-3-15-26)19-8-10-20(28)11-9-19/h4-11,16H,2-3,12-15H2,1H3,(H,34,36)(H,32,33,35). The molecule has 3 aromatic rings. The predicted molar refractivity (Wildman–Crippen MR) is 127 cm³/mol. The van der Waals surface area contributed by atoms with Crippen LogP contribution >= 0.6 is 0 Å². The van der Waals surface area contributed by atoms with E-state index in [0.717, 1.165) is 35.7 Å². The van der Waals surface area contributed by atoms with Gasteiger partial charge in [-0.2, -0.15) is 13.2 Å². The Hall–Kier alpha value is -3.49. The second kappa shape index (κ2) is 8.87. The van der Waals surface area contributed by atoms with Crippen LogP contribution in [0.5, 0.6) is 0 Å². The number of aryl methyl sites for hydroxylation is 1. The molecule has 1 heterocycles. The van der Waals surface area contributed by atoms with Crippen molar-refractivity contribution in [2.75, 3.05) is 5.32 Å². The molecule has 1 amide bonds. The number of alkyl halides is 3. The Morgan fingerprint density at radius 3 is 1.97 bits per heavy atom. The summed E-state index contributed by atoms with van der Waals surface area (Å²) < 4.78 is 55.5. The molecular formula is C27H26F4N4O. The molecule has 36 heavy (non-hydrogen) atoms. The van der Waals surface area contributed by atoms with Gasteiger partial charge in [-0.3, -0.25) is 4.79 Å². The van der Waals surface area contributed by atoms with Crippen molar-refractivity contribution in [2.45, 2.75) is 62.7 Å². The Morgan fingerprint density at radius 2 is 1.44 bits per heavy atom. The molecule has 2 aliphatic rings. The third-order valence-electron chi connectivity index (χ3n) is 7.42. The number of hydrogen-bond acceptors (Lipinski definition) is 4. The van der Waals surface area contributed by atoms with E-state index in [-0.39, 0.29) is 5.95 Å². The largest absolute Gasteiger partial charge is 0.434 e. The fraction of sp³-hybridized carbons (Fsp3) is 0.370. The van der Waals surface area contributed by atoms with Crippen molar-refractivity contribution in [2.24, 2.45) is 0 Å². The number of aromatic nitrogens is 2. The van der Waals surface area contributed by atoms with Gasteiger partial charge in [0.05, 0.1) is 16.6 Å². The van der Waals surface area contributed by atoms with Crippen LogP contribution in [0.3, 0.4) is 0 Å². The molecule has 0 atom stereocenters. The summed E-state index contributed by atoms with van der Waals surface area (Å²) >= 11 is 0. The number of nitrogens with zero attached hydrogens (tertiary/aromatic N) is 2. The minimum atomic E-state index is -4.86. The molecule has 188 valence electrons. The Labute approximate surface area is 206 Å². The number of halogens is 4. The summed E-state index contributed by atoms with van der Waals surface area (Å²) in [5.41, 5.74) is -0.614. The zero-order valence-corrected chi connectivity index (χ0v) is 19.8. The Bertz CT molecular complexity index is 1260. The summed E-state index contributed by atoms with van der Waals surface area (Å²) in [5, 5.41) is 5.87. The van der Waals surface area contributed by atoms with Crippen molar-refractivity contribution in [1.82, 2.24) is 15.3 Å². The summed E-state index contributed by atoms with van der Waals surface area (Å²) in [5.74, 6) is -1.47. The maximum atomic E-state index is 14.0. The van der Waals surface area contributed by atoms with Crippen molar-refractivity contribution in [1.29, 1.82) is 0 Å². The molecular weight excluding hydrogens is 472 g/mol. The number of carbonyl (C=O) groups excluding carboxylic acids is 1. The highest BCUT2D eigenvalue weighted by atomic mass is 19.4. The highest BCUT2D eigenvalue weighted by Gasteiger charge is 2.44. The molecule has 5 nitrogen and oxygen atoms in total. The van der Waals surface area contributed by atoms with Gasteiger partial charge >= 0.3 is 6.18 Å². The molecule has 2 saturated carbocycles. The lowest BCUT2D eigenvalue weighted by molar-refractivity contribution is -0.141. The number of benzene rings is 2. The van der Waals surface area contributed by atoms with Crippen LogP contribution in [0.1, 0.15) is 71.3 Å². The summed E-state index contributed by atoms with van der Waals surface area (Å²) in [6.45, 7) is 1.95. The average Bonchev–Trinajstić information content (AvgIpc) is 2.79. The van der Waals surface area contributed by atoms with E-state index in [1.807, 2.05) is 31.2 Å². The van der Waals surface area contributed by atoms with Crippen LogP contribution in [-0.2, 0) is 17.3 Å². The number of hydrogen-bond donors (Lipinski definition) is 2. The lowest BCUT2D eigenvalue weighted by atomic mass is 9.71. The minimum absolute atomic E-state index is 0.222. The fourth-order valence-corrected chi connectivity index (χ4v) is 5.00. The van der Waals surface area contributed by atoms with Crippen molar-refractivity contribution in [3.63, 3.8) is 0 Å². The van der Waals surface area contributed by atoms with E-state index in [9.17, 15) is 22.4 Å². The van der Waals surface area contributed by atoms with Gasteiger partial charge < -0.3 is 10.6 Å². The second-order valence-electron chi connectivity index (χ2n) is 9.78. The molecule has 0 radical (unpaired) electrons. The number of rotatable bonds is 6. The van der Waals surface area contributed by atoms with E-state index >= 15 is 0 Å². The number of anilines is 1.